The minimum atomic E-state index is 0.422. The monoisotopic (exact) mass is 221 g/mol. The number of hydrogen-bond donors (Lipinski definition) is 1. The summed E-state index contributed by atoms with van der Waals surface area (Å²) in [4.78, 5) is 5.46. The molecule has 0 amide bonds. The first kappa shape index (κ1) is 13.2. The Hall–Kier alpha value is -0.860. The quantitative estimate of drug-likeness (QED) is 0.711. The largest absolute Gasteiger partial charge is 0.297 e. The molecule has 90 valence electrons. The lowest BCUT2D eigenvalue weighted by Gasteiger charge is -2.14. The molecule has 0 fully saturated rings. The van der Waals surface area contributed by atoms with E-state index < -0.39 is 0 Å². The van der Waals surface area contributed by atoms with Gasteiger partial charge in [-0.15, -0.1) is 0 Å². The van der Waals surface area contributed by atoms with Crippen LogP contribution in [0.1, 0.15) is 39.2 Å². The highest BCUT2D eigenvalue weighted by Crippen LogP contribution is 2.06. The molecule has 2 nitrogen and oxygen atoms in total. The number of benzene rings is 1. The van der Waals surface area contributed by atoms with Gasteiger partial charge >= 0.3 is 0 Å². The third-order valence-corrected chi connectivity index (χ3v) is 2.54. The predicted molar refractivity (Wildman–Crippen MR) is 67.9 cm³/mol. The first-order chi connectivity index (χ1) is 7.68. The molecule has 0 aliphatic carbocycles. The molecule has 0 aliphatic heterocycles. The topological polar surface area (TPSA) is 21.3 Å². The van der Waals surface area contributed by atoms with E-state index in [0.29, 0.717) is 12.6 Å². The summed E-state index contributed by atoms with van der Waals surface area (Å²) in [5, 5.41) is 0. The molecule has 1 atom stereocenters. The van der Waals surface area contributed by atoms with Crippen molar-refractivity contribution in [3.05, 3.63) is 35.9 Å². The first-order valence-electron chi connectivity index (χ1n) is 6.09. The zero-order chi connectivity index (χ0) is 11.8. The highest BCUT2D eigenvalue weighted by Gasteiger charge is 2.03. The van der Waals surface area contributed by atoms with Gasteiger partial charge in [-0.3, -0.25) is 4.84 Å². The van der Waals surface area contributed by atoms with E-state index in [1.54, 1.807) is 0 Å². The number of hydrogen-bond acceptors (Lipinski definition) is 2. The molecule has 1 rings (SSSR count). The van der Waals surface area contributed by atoms with Crippen molar-refractivity contribution in [2.24, 2.45) is 5.92 Å². The van der Waals surface area contributed by atoms with Gasteiger partial charge in [-0.2, -0.15) is 5.48 Å². The second kappa shape index (κ2) is 7.42. The predicted octanol–water partition coefficient (Wildman–Crippen LogP) is 3.53. The minimum Gasteiger partial charge on any atom is -0.297 e. The molecule has 1 aromatic carbocycles. The van der Waals surface area contributed by atoms with Gasteiger partial charge in [-0.05, 0) is 31.2 Å². The van der Waals surface area contributed by atoms with Crippen LogP contribution in [-0.2, 0) is 11.4 Å². The van der Waals surface area contributed by atoms with Crippen LogP contribution in [0.5, 0.6) is 0 Å². The Bertz CT molecular complexity index is 271. The van der Waals surface area contributed by atoms with Gasteiger partial charge in [0.05, 0.1) is 6.61 Å². The van der Waals surface area contributed by atoms with E-state index in [1.807, 2.05) is 18.2 Å². The molecular weight excluding hydrogens is 198 g/mol. The molecule has 16 heavy (non-hydrogen) atoms. The summed E-state index contributed by atoms with van der Waals surface area (Å²) < 4.78 is 0. The summed E-state index contributed by atoms with van der Waals surface area (Å²) in [6.45, 7) is 7.29. The van der Waals surface area contributed by atoms with Gasteiger partial charge in [0.15, 0.2) is 0 Å². The zero-order valence-corrected chi connectivity index (χ0v) is 10.6. The van der Waals surface area contributed by atoms with E-state index >= 15 is 0 Å². The van der Waals surface area contributed by atoms with Crippen molar-refractivity contribution in [2.75, 3.05) is 0 Å². The standard InChI is InChI=1S/C14H23NO/c1-12(2)9-10-13(3)15-16-11-14-7-5-4-6-8-14/h4-8,12-13,15H,9-11H2,1-3H3. The van der Waals surface area contributed by atoms with Gasteiger partial charge in [-0.25, -0.2) is 0 Å². The van der Waals surface area contributed by atoms with E-state index in [9.17, 15) is 0 Å². The van der Waals surface area contributed by atoms with Crippen LogP contribution < -0.4 is 5.48 Å². The Balaban J connectivity index is 2.11. The minimum absolute atomic E-state index is 0.422. The lowest BCUT2D eigenvalue weighted by Crippen LogP contribution is -2.26. The Morgan fingerprint density at radius 1 is 1.06 bits per heavy atom. The van der Waals surface area contributed by atoms with Crippen molar-refractivity contribution >= 4 is 0 Å². The Morgan fingerprint density at radius 2 is 1.75 bits per heavy atom. The van der Waals surface area contributed by atoms with Crippen molar-refractivity contribution in [3.63, 3.8) is 0 Å². The van der Waals surface area contributed by atoms with Gasteiger partial charge in [0, 0.05) is 6.04 Å². The molecule has 0 aliphatic rings. The molecule has 1 unspecified atom stereocenters. The summed E-state index contributed by atoms with van der Waals surface area (Å²) in [5.41, 5.74) is 4.29. The van der Waals surface area contributed by atoms with Crippen LogP contribution in [-0.4, -0.2) is 6.04 Å². The highest BCUT2D eigenvalue weighted by molar-refractivity contribution is 5.13. The van der Waals surface area contributed by atoms with Crippen molar-refractivity contribution in [1.29, 1.82) is 0 Å². The third kappa shape index (κ3) is 5.89. The van der Waals surface area contributed by atoms with E-state index in [1.165, 1.54) is 12.0 Å². The lowest BCUT2D eigenvalue weighted by molar-refractivity contribution is 0.00482. The summed E-state index contributed by atoms with van der Waals surface area (Å²) in [6, 6.07) is 10.6. The van der Waals surface area contributed by atoms with E-state index in [0.717, 1.165) is 12.3 Å². The van der Waals surface area contributed by atoms with E-state index in [2.05, 4.69) is 38.4 Å². The van der Waals surface area contributed by atoms with Crippen LogP contribution in [0.4, 0.5) is 0 Å². The van der Waals surface area contributed by atoms with Crippen molar-refractivity contribution in [3.8, 4) is 0 Å². The first-order valence-corrected chi connectivity index (χ1v) is 6.09. The smallest absolute Gasteiger partial charge is 0.0933 e. The maximum Gasteiger partial charge on any atom is 0.0933 e. The zero-order valence-electron chi connectivity index (χ0n) is 10.6. The molecule has 0 spiro atoms. The molecule has 0 bridgehead atoms. The summed E-state index contributed by atoms with van der Waals surface area (Å²) in [6.07, 6.45) is 2.40. The summed E-state index contributed by atoms with van der Waals surface area (Å²) >= 11 is 0. The Labute approximate surface area is 99.0 Å². The van der Waals surface area contributed by atoms with Gasteiger partial charge < -0.3 is 0 Å². The maximum absolute atomic E-state index is 5.46. The van der Waals surface area contributed by atoms with Crippen LogP contribution >= 0.6 is 0 Å². The van der Waals surface area contributed by atoms with Crippen molar-refractivity contribution in [2.45, 2.75) is 46.3 Å². The van der Waals surface area contributed by atoms with E-state index in [-0.39, 0.29) is 0 Å². The highest BCUT2D eigenvalue weighted by atomic mass is 16.6. The molecular formula is C14H23NO. The van der Waals surface area contributed by atoms with Gasteiger partial charge in [0.2, 0.25) is 0 Å². The second-order valence-corrected chi connectivity index (χ2v) is 4.76. The molecule has 1 N–H and O–H groups in total. The molecule has 0 aromatic heterocycles. The Morgan fingerprint density at radius 3 is 2.38 bits per heavy atom. The van der Waals surface area contributed by atoms with Gasteiger partial charge in [-0.1, -0.05) is 44.2 Å². The molecule has 0 saturated heterocycles. The van der Waals surface area contributed by atoms with E-state index in [4.69, 9.17) is 4.84 Å². The number of nitrogens with one attached hydrogen (secondary N) is 1. The molecule has 2 heteroatoms. The Kier molecular flexibility index (Phi) is 6.12. The van der Waals surface area contributed by atoms with Gasteiger partial charge in [0.25, 0.3) is 0 Å². The van der Waals surface area contributed by atoms with Crippen LogP contribution in [0.25, 0.3) is 0 Å². The molecule has 0 radical (unpaired) electrons. The third-order valence-electron chi connectivity index (χ3n) is 2.54. The number of rotatable bonds is 7. The van der Waals surface area contributed by atoms with Crippen LogP contribution in [0.2, 0.25) is 0 Å². The average Bonchev–Trinajstić information content (AvgIpc) is 2.28. The normalized spacial score (nSPS) is 13.0. The summed E-state index contributed by atoms with van der Waals surface area (Å²) in [5.74, 6) is 0.762. The fourth-order valence-corrected chi connectivity index (χ4v) is 1.48. The maximum atomic E-state index is 5.46. The second-order valence-electron chi connectivity index (χ2n) is 4.76. The molecule has 1 aromatic rings. The van der Waals surface area contributed by atoms with Crippen molar-refractivity contribution < 1.29 is 4.84 Å². The lowest BCUT2D eigenvalue weighted by atomic mass is 10.1. The molecule has 0 saturated carbocycles. The number of hydroxylamine groups is 1. The van der Waals surface area contributed by atoms with Crippen LogP contribution in [0.15, 0.2) is 30.3 Å². The molecule has 0 heterocycles. The SMILES string of the molecule is CC(C)CCC(C)NOCc1ccccc1. The fraction of sp³-hybridized carbons (Fsp3) is 0.571. The fourth-order valence-electron chi connectivity index (χ4n) is 1.48. The van der Waals surface area contributed by atoms with Crippen molar-refractivity contribution in [1.82, 2.24) is 5.48 Å². The van der Waals surface area contributed by atoms with Gasteiger partial charge in [0.1, 0.15) is 0 Å². The summed E-state index contributed by atoms with van der Waals surface area (Å²) in [7, 11) is 0. The van der Waals surface area contributed by atoms with Crippen LogP contribution in [0, 0.1) is 5.92 Å². The van der Waals surface area contributed by atoms with Crippen LogP contribution in [0.3, 0.4) is 0 Å². The average molecular weight is 221 g/mol.